The SMILES string of the molecule is COc1cc(C(C)(C)C)ccc1CN[C@H]1[C@H](C(C)(C)C)[C@@H](C(=O)O)N(C(=O)C2CCCCC2)[C@H]1c1ccccc1OC(F)F. The zero-order valence-electron chi connectivity index (χ0n) is 27.0. The Morgan fingerprint density at radius 1 is 1.00 bits per heavy atom. The molecule has 242 valence electrons. The van der Waals surface area contributed by atoms with Gasteiger partial charge in [-0.25, -0.2) is 4.79 Å². The smallest absolute Gasteiger partial charge is 0.387 e. The molecule has 2 aromatic rings. The van der Waals surface area contributed by atoms with Crippen LogP contribution in [0.1, 0.15) is 96.4 Å². The summed E-state index contributed by atoms with van der Waals surface area (Å²) >= 11 is 0. The van der Waals surface area contributed by atoms with Gasteiger partial charge in [-0.3, -0.25) is 4.79 Å². The van der Waals surface area contributed by atoms with Crippen LogP contribution in [0.5, 0.6) is 11.5 Å². The van der Waals surface area contributed by atoms with Crippen molar-refractivity contribution in [1.82, 2.24) is 10.2 Å². The second kappa shape index (κ2) is 13.4. The van der Waals surface area contributed by atoms with E-state index in [1.807, 2.05) is 32.9 Å². The third-order valence-corrected chi connectivity index (χ3v) is 9.26. The molecule has 2 aliphatic rings. The minimum atomic E-state index is -3.08. The maximum atomic E-state index is 14.4. The lowest BCUT2D eigenvalue weighted by atomic mass is 9.72. The Morgan fingerprint density at radius 3 is 2.23 bits per heavy atom. The number of methoxy groups -OCH3 is 1. The molecule has 1 aliphatic carbocycles. The maximum Gasteiger partial charge on any atom is 0.387 e. The lowest BCUT2D eigenvalue weighted by Crippen LogP contribution is -2.49. The summed E-state index contributed by atoms with van der Waals surface area (Å²) in [5, 5.41) is 14.4. The van der Waals surface area contributed by atoms with Gasteiger partial charge in [0, 0.05) is 35.5 Å². The molecule has 0 spiro atoms. The average Bonchev–Trinajstić information content (AvgIpc) is 3.31. The lowest BCUT2D eigenvalue weighted by Gasteiger charge is -2.36. The number of halogens is 2. The summed E-state index contributed by atoms with van der Waals surface area (Å²) < 4.78 is 38.0. The summed E-state index contributed by atoms with van der Waals surface area (Å²) in [6, 6.07) is 9.87. The molecule has 0 radical (unpaired) electrons. The van der Waals surface area contributed by atoms with Crippen LogP contribution in [0.25, 0.3) is 0 Å². The highest BCUT2D eigenvalue weighted by molar-refractivity contribution is 5.87. The first kappa shape index (κ1) is 33.7. The van der Waals surface area contributed by atoms with E-state index in [4.69, 9.17) is 9.47 Å². The number of nitrogens with one attached hydrogen (secondary N) is 1. The molecule has 2 aromatic carbocycles. The van der Waals surface area contributed by atoms with Gasteiger partial charge < -0.3 is 24.8 Å². The van der Waals surface area contributed by atoms with Crippen LogP contribution in [-0.2, 0) is 21.5 Å². The Kier molecular flexibility index (Phi) is 10.3. The van der Waals surface area contributed by atoms with Crippen LogP contribution < -0.4 is 14.8 Å². The highest BCUT2D eigenvalue weighted by atomic mass is 19.3. The van der Waals surface area contributed by atoms with Crippen molar-refractivity contribution in [3.63, 3.8) is 0 Å². The predicted molar refractivity (Wildman–Crippen MR) is 166 cm³/mol. The van der Waals surface area contributed by atoms with Crippen molar-refractivity contribution in [1.29, 1.82) is 0 Å². The van der Waals surface area contributed by atoms with Crippen molar-refractivity contribution < 1.29 is 33.0 Å². The molecule has 0 unspecified atom stereocenters. The molecule has 1 amide bonds. The minimum Gasteiger partial charge on any atom is -0.496 e. The third-order valence-electron chi connectivity index (χ3n) is 9.26. The molecule has 4 atom stereocenters. The number of carboxylic acids is 1. The molecule has 4 rings (SSSR count). The van der Waals surface area contributed by atoms with E-state index in [9.17, 15) is 23.5 Å². The third kappa shape index (κ3) is 7.19. The second-order valence-corrected chi connectivity index (χ2v) is 14.3. The Morgan fingerprint density at radius 2 is 1.66 bits per heavy atom. The normalized spacial score (nSPS) is 23.2. The molecule has 0 bridgehead atoms. The summed E-state index contributed by atoms with van der Waals surface area (Å²) in [6.45, 7) is 9.51. The minimum absolute atomic E-state index is 0.0634. The van der Waals surface area contributed by atoms with Gasteiger partial charge in [0.25, 0.3) is 0 Å². The van der Waals surface area contributed by atoms with Gasteiger partial charge in [0.05, 0.1) is 13.2 Å². The van der Waals surface area contributed by atoms with Crippen molar-refractivity contribution >= 4 is 11.9 Å². The topological polar surface area (TPSA) is 88.1 Å². The Bertz CT molecular complexity index is 1310. The number of alkyl halides is 2. The van der Waals surface area contributed by atoms with E-state index in [1.165, 1.54) is 11.0 Å². The van der Waals surface area contributed by atoms with Crippen molar-refractivity contribution in [2.75, 3.05) is 7.11 Å². The van der Waals surface area contributed by atoms with Gasteiger partial charge in [0.15, 0.2) is 0 Å². The molecule has 44 heavy (non-hydrogen) atoms. The van der Waals surface area contributed by atoms with Crippen molar-refractivity contribution in [3.05, 3.63) is 59.2 Å². The molecular weight excluding hydrogens is 566 g/mol. The van der Waals surface area contributed by atoms with Crippen LogP contribution in [0.2, 0.25) is 0 Å². The number of ether oxygens (including phenoxy) is 2. The van der Waals surface area contributed by atoms with Crippen molar-refractivity contribution in [2.45, 2.75) is 110 Å². The Labute approximate surface area is 260 Å². The molecule has 1 aliphatic heterocycles. The number of rotatable bonds is 9. The first-order valence-electron chi connectivity index (χ1n) is 15.6. The van der Waals surface area contributed by atoms with E-state index in [1.54, 1.807) is 25.3 Å². The Hall–Kier alpha value is -3.20. The van der Waals surface area contributed by atoms with Crippen LogP contribution in [0, 0.1) is 17.3 Å². The molecular formula is C35H48F2N2O5. The number of likely N-dealkylation sites (tertiary alicyclic amines) is 1. The van der Waals surface area contributed by atoms with Crippen LogP contribution >= 0.6 is 0 Å². The van der Waals surface area contributed by atoms with Crippen molar-refractivity contribution in [2.24, 2.45) is 17.3 Å². The van der Waals surface area contributed by atoms with E-state index in [-0.39, 0.29) is 23.0 Å². The monoisotopic (exact) mass is 614 g/mol. The molecule has 9 heteroatoms. The van der Waals surface area contributed by atoms with E-state index in [0.29, 0.717) is 30.7 Å². The number of nitrogens with zero attached hydrogens (tertiary/aromatic N) is 1. The van der Waals surface area contributed by atoms with Gasteiger partial charge >= 0.3 is 12.6 Å². The largest absolute Gasteiger partial charge is 0.496 e. The number of hydrogen-bond acceptors (Lipinski definition) is 5. The fraction of sp³-hybridized carbons (Fsp3) is 0.600. The van der Waals surface area contributed by atoms with Gasteiger partial charge in [-0.05, 0) is 41.4 Å². The number of benzene rings is 2. The molecule has 2 fully saturated rings. The van der Waals surface area contributed by atoms with Gasteiger partial charge in [0.2, 0.25) is 5.91 Å². The summed E-state index contributed by atoms with van der Waals surface area (Å²) in [7, 11) is 1.62. The van der Waals surface area contributed by atoms with Crippen LogP contribution in [0.3, 0.4) is 0 Å². The summed E-state index contributed by atoms with van der Waals surface area (Å²) in [4.78, 5) is 29.0. The molecule has 0 aromatic heterocycles. The summed E-state index contributed by atoms with van der Waals surface area (Å²) in [5.41, 5.74) is 1.68. The molecule has 2 N–H and O–H groups in total. The van der Waals surface area contributed by atoms with Crippen LogP contribution in [0.4, 0.5) is 8.78 Å². The maximum absolute atomic E-state index is 14.4. The zero-order chi connectivity index (χ0) is 32.4. The number of carboxylic acid groups (broad SMARTS) is 1. The van der Waals surface area contributed by atoms with Crippen LogP contribution in [0.15, 0.2) is 42.5 Å². The van der Waals surface area contributed by atoms with Gasteiger partial charge in [-0.15, -0.1) is 0 Å². The Balaban J connectivity index is 1.86. The second-order valence-electron chi connectivity index (χ2n) is 14.3. The standard InChI is InChI=1S/C35H48F2N2O5/c1-34(2,3)23-18-17-22(26(19-23)43-7)20-38-28-27(35(4,5)6)30(32(41)42)39(31(40)21-13-9-8-10-14-21)29(28)24-15-11-12-16-25(24)44-33(36)37/h11-12,15-19,21,27-30,33,38H,8-10,13-14,20H2,1-7H3,(H,41,42)/t27-,28-,29-,30-/m0/s1. The van der Waals surface area contributed by atoms with E-state index < -0.39 is 42.0 Å². The lowest BCUT2D eigenvalue weighted by molar-refractivity contribution is -0.154. The van der Waals surface area contributed by atoms with E-state index in [0.717, 1.165) is 30.4 Å². The quantitative estimate of drug-likeness (QED) is 0.308. The van der Waals surface area contributed by atoms with Gasteiger partial charge in [0.1, 0.15) is 17.5 Å². The first-order chi connectivity index (χ1) is 20.6. The molecule has 7 nitrogen and oxygen atoms in total. The zero-order valence-corrected chi connectivity index (χ0v) is 27.0. The number of carbonyl (C=O) groups excluding carboxylic acids is 1. The first-order valence-corrected chi connectivity index (χ1v) is 15.6. The van der Waals surface area contributed by atoms with Gasteiger partial charge in [-0.1, -0.05) is 91.1 Å². The predicted octanol–water partition coefficient (Wildman–Crippen LogP) is 7.33. The molecule has 1 saturated carbocycles. The summed E-state index contributed by atoms with van der Waals surface area (Å²) in [5.74, 6) is -1.59. The molecule has 1 heterocycles. The number of amides is 1. The summed E-state index contributed by atoms with van der Waals surface area (Å²) in [6.07, 6.45) is 4.18. The highest BCUT2D eigenvalue weighted by Crippen LogP contribution is 2.51. The molecule has 1 saturated heterocycles. The van der Waals surface area contributed by atoms with E-state index in [2.05, 4.69) is 32.2 Å². The van der Waals surface area contributed by atoms with Crippen LogP contribution in [-0.4, -0.2) is 47.7 Å². The number of para-hydroxylation sites is 1. The highest BCUT2D eigenvalue weighted by Gasteiger charge is 2.59. The average molecular weight is 615 g/mol. The van der Waals surface area contributed by atoms with Crippen molar-refractivity contribution in [3.8, 4) is 11.5 Å². The number of aliphatic carboxylic acids is 1. The van der Waals surface area contributed by atoms with Gasteiger partial charge in [-0.2, -0.15) is 8.78 Å². The fourth-order valence-corrected chi connectivity index (χ4v) is 7.13. The van der Waals surface area contributed by atoms with E-state index >= 15 is 0 Å². The number of hydrogen-bond donors (Lipinski definition) is 2. The fourth-order valence-electron chi connectivity index (χ4n) is 7.13. The number of carbonyl (C=O) groups is 2.